The molecule has 21 heavy (non-hydrogen) atoms. The molecule has 0 aliphatic heterocycles. The Hall–Kier alpha value is -0.740. The lowest BCUT2D eigenvalue weighted by Crippen LogP contribution is -2.34. The predicted molar refractivity (Wildman–Crippen MR) is 86.0 cm³/mol. The lowest BCUT2D eigenvalue weighted by Gasteiger charge is -2.16. The van der Waals surface area contributed by atoms with E-state index in [-0.39, 0.29) is 4.90 Å². The van der Waals surface area contributed by atoms with Crippen LogP contribution in [0.2, 0.25) is 0 Å². The van der Waals surface area contributed by atoms with Gasteiger partial charge in [-0.25, -0.2) is 18.1 Å². The Morgan fingerprint density at radius 2 is 2.14 bits per heavy atom. The van der Waals surface area contributed by atoms with Crippen LogP contribution in [0.1, 0.15) is 0 Å². The minimum absolute atomic E-state index is 0.124. The van der Waals surface area contributed by atoms with Gasteiger partial charge in [-0.1, -0.05) is 0 Å². The molecule has 0 atom stereocenters. The summed E-state index contributed by atoms with van der Waals surface area (Å²) in [4.78, 5) is 6.16. The van der Waals surface area contributed by atoms with Crippen LogP contribution < -0.4 is 10.0 Å². The number of pyridine rings is 1. The van der Waals surface area contributed by atoms with Crippen molar-refractivity contribution < 1.29 is 13.2 Å². The molecule has 1 heterocycles. The van der Waals surface area contributed by atoms with Gasteiger partial charge in [-0.2, -0.15) is 0 Å². The van der Waals surface area contributed by atoms with Crippen LogP contribution in [0.25, 0.3) is 0 Å². The van der Waals surface area contributed by atoms with Crippen LogP contribution in [0.15, 0.2) is 21.6 Å². The van der Waals surface area contributed by atoms with Crippen LogP contribution in [-0.2, 0) is 14.8 Å². The van der Waals surface area contributed by atoms with E-state index in [2.05, 4.69) is 31.0 Å². The molecule has 0 saturated heterocycles. The van der Waals surface area contributed by atoms with Gasteiger partial charge < -0.3 is 15.0 Å². The average molecular weight is 381 g/mol. The molecule has 0 bridgehead atoms. The molecule has 9 heteroatoms. The summed E-state index contributed by atoms with van der Waals surface area (Å²) in [6.45, 7) is 2.28. The SMILES string of the molecule is CNc1ncc(Br)cc1S(=O)(=O)NCCN(C)CCOC. The van der Waals surface area contributed by atoms with Gasteiger partial charge in [0.05, 0.1) is 6.61 Å². The molecule has 0 radical (unpaired) electrons. The second-order valence-corrected chi connectivity index (χ2v) is 7.10. The zero-order valence-corrected chi connectivity index (χ0v) is 14.8. The molecule has 0 fully saturated rings. The van der Waals surface area contributed by atoms with Crippen LogP contribution in [-0.4, -0.2) is 65.7 Å². The van der Waals surface area contributed by atoms with E-state index >= 15 is 0 Å². The van der Waals surface area contributed by atoms with E-state index in [1.54, 1.807) is 20.4 Å². The van der Waals surface area contributed by atoms with Crippen molar-refractivity contribution in [1.29, 1.82) is 0 Å². The number of aromatic nitrogens is 1. The van der Waals surface area contributed by atoms with E-state index in [0.717, 1.165) is 6.54 Å². The maximum atomic E-state index is 12.3. The van der Waals surface area contributed by atoms with E-state index in [1.807, 2.05) is 11.9 Å². The summed E-state index contributed by atoms with van der Waals surface area (Å²) < 4.78 is 32.8. The molecule has 7 nitrogen and oxygen atoms in total. The van der Waals surface area contributed by atoms with Crippen molar-refractivity contribution in [3.05, 3.63) is 16.7 Å². The highest BCUT2D eigenvalue weighted by atomic mass is 79.9. The number of nitrogens with one attached hydrogen (secondary N) is 2. The molecule has 1 aromatic rings. The van der Waals surface area contributed by atoms with Crippen LogP contribution in [0.5, 0.6) is 0 Å². The van der Waals surface area contributed by atoms with E-state index in [9.17, 15) is 8.42 Å². The number of sulfonamides is 1. The number of likely N-dealkylation sites (N-methyl/N-ethyl adjacent to an activating group) is 1. The van der Waals surface area contributed by atoms with Crippen LogP contribution in [0.3, 0.4) is 0 Å². The second-order valence-electron chi connectivity index (χ2n) is 4.44. The maximum Gasteiger partial charge on any atom is 0.244 e. The number of methoxy groups -OCH3 is 1. The van der Waals surface area contributed by atoms with Gasteiger partial charge in [-0.05, 0) is 29.0 Å². The summed E-state index contributed by atoms with van der Waals surface area (Å²) in [5.74, 6) is 0.318. The van der Waals surface area contributed by atoms with Crippen molar-refractivity contribution in [1.82, 2.24) is 14.6 Å². The van der Waals surface area contributed by atoms with Gasteiger partial charge in [-0.3, -0.25) is 0 Å². The zero-order chi connectivity index (χ0) is 15.9. The monoisotopic (exact) mass is 380 g/mol. The Balaban J connectivity index is 2.68. The Bertz CT molecular complexity index is 553. The molecule has 0 spiro atoms. The maximum absolute atomic E-state index is 12.3. The van der Waals surface area contributed by atoms with Crippen molar-refractivity contribution in [2.75, 3.05) is 52.8 Å². The Morgan fingerprint density at radius 1 is 1.43 bits per heavy atom. The molecular weight excluding hydrogens is 360 g/mol. The predicted octanol–water partition coefficient (Wildman–Crippen LogP) is 0.742. The van der Waals surface area contributed by atoms with E-state index in [4.69, 9.17) is 4.74 Å². The fourth-order valence-electron chi connectivity index (χ4n) is 1.62. The molecule has 0 aliphatic carbocycles. The third kappa shape index (κ3) is 5.87. The van der Waals surface area contributed by atoms with Gasteiger partial charge in [-0.15, -0.1) is 0 Å². The summed E-state index contributed by atoms with van der Waals surface area (Å²) in [6.07, 6.45) is 1.55. The molecule has 0 amide bonds. The molecule has 0 aromatic carbocycles. The number of hydrogen-bond donors (Lipinski definition) is 2. The Morgan fingerprint density at radius 3 is 2.76 bits per heavy atom. The van der Waals surface area contributed by atoms with Crippen molar-refractivity contribution in [2.45, 2.75) is 4.90 Å². The highest BCUT2D eigenvalue weighted by Gasteiger charge is 2.19. The van der Waals surface area contributed by atoms with Crippen molar-refractivity contribution in [3.8, 4) is 0 Å². The van der Waals surface area contributed by atoms with Crippen LogP contribution in [0, 0.1) is 0 Å². The first-order valence-electron chi connectivity index (χ1n) is 6.41. The topological polar surface area (TPSA) is 83.6 Å². The van der Waals surface area contributed by atoms with E-state index < -0.39 is 10.0 Å². The molecule has 0 saturated carbocycles. The Labute approximate surface area is 134 Å². The third-order valence-corrected chi connectivity index (χ3v) is 4.72. The number of ether oxygens (including phenoxy) is 1. The van der Waals surface area contributed by atoms with E-state index in [0.29, 0.717) is 30.0 Å². The quantitative estimate of drug-likeness (QED) is 0.657. The molecule has 0 unspecified atom stereocenters. The largest absolute Gasteiger partial charge is 0.383 e. The molecule has 1 rings (SSSR count). The number of rotatable bonds is 9. The van der Waals surface area contributed by atoms with Crippen LogP contribution >= 0.6 is 15.9 Å². The highest BCUT2D eigenvalue weighted by molar-refractivity contribution is 9.10. The lowest BCUT2D eigenvalue weighted by atomic mass is 10.4. The number of anilines is 1. The molecule has 1 aromatic heterocycles. The summed E-state index contributed by atoms with van der Waals surface area (Å²) in [7, 11) is 1.57. The first-order valence-corrected chi connectivity index (χ1v) is 8.68. The zero-order valence-electron chi connectivity index (χ0n) is 12.4. The molecule has 120 valence electrons. The van der Waals surface area contributed by atoms with Gasteiger partial charge >= 0.3 is 0 Å². The fourth-order valence-corrected chi connectivity index (χ4v) is 3.31. The smallest absolute Gasteiger partial charge is 0.244 e. The minimum Gasteiger partial charge on any atom is -0.383 e. The van der Waals surface area contributed by atoms with Gasteiger partial charge in [0.15, 0.2) is 0 Å². The summed E-state index contributed by atoms with van der Waals surface area (Å²) >= 11 is 3.23. The summed E-state index contributed by atoms with van der Waals surface area (Å²) in [5.41, 5.74) is 0. The molecular formula is C12H21BrN4O3S. The van der Waals surface area contributed by atoms with Crippen LogP contribution in [0.4, 0.5) is 5.82 Å². The molecule has 2 N–H and O–H groups in total. The number of nitrogens with zero attached hydrogens (tertiary/aromatic N) is 2. The Kier molecular flexibility index (Phi) is 7.53. The molecule has 0 aliphatic rings. The van der Waals surface area contributed by atoms with Gasteiger partial charge in [0.2, 0.25) is 10.0 Å². The summed E-state index contributed by atoms with van der Waals surface area (Å²) in [6, 6.07) is 1.52. The first-order chi connectivity index (χ1) is 9.90. The average Bonchev–Trinajstić information content (AvgIpc) is 2.44. The number of halogens is 1. The van der Waals surface area contributed by atoms with Gasteiger partial charge in [0.25, 0.3) is 0 Å². The minimum atomic E-state index is -3.60. The highest BCUT2D eigenvalue weighted by Crippen LogP contribution is 2.22. The standard InChI is InChI=1S/C12H21BrN4O3S/c1-14-12-11(8-10(13)9-15-12)21(18,19)16-4-5-17(2)6-7-20-3/h8-9,16H,4-7H2,1-3H3,(H,14,15). The summed E-state index contributed by atoms with van der Waals surface area (Å²) in [5, 5.41) is 2.78. The second kappa shape index (κ2) is 8.64. The lowest BCUT2D eigenvalue weighted by molar-refractivity contribution is 0.162. The third-order valence-electron chi connectivity index (χ3n) is 2.81. The van der Waals surface area contributed by atoms with Crippen molar-refractivity contribution >= 4 is 31.8 Å². The van der Waals surface area contributed by atoms with Crippen molar-refractivity contribution in [2.24, 2.45) is 0 Å². The van der Waals surface area contributed by atoms with Gasteiger partial charge in [0, 0.05) is 44.5 Å². The fraction of sp³-hybridized carbons (Fsp3) is 0.583. The van der Waals surface area contributed by atoms with Gasteiger partial charge in [0.1, 0.15) is 10.7 Å². The van der Waals surface area contributed by atoms with Crippen molar-refractivity contribution in [3.63, 3.8) is 0 Å². The van der Waals surface area contributed by atoms with E-state index in [1.165, 1.54) is 6.07 Å². The number of hydrogen-bond acceptors (Lipinski definition) is 6. The first kappa shape index (κ1) is 18.3. The normalized spacial score (nSPS) is 11.9.